The molecule has 2 heteroatoms. The summed E-state index contributed by atoms with van der Waals surface area (Å²) in [6, 6.07) is 23.9. The van der Waals surface area contributed by atoms with E-state index in [1.165, 1.54) is 35.5 Å². The molecule has 0 radical (unpaired) electrons. The van der Waals surface area contributed by atoms with Gasteiger partial charge in [-0.25, -0.2) is 0 Å². The summed E-state index contributed by atoms with van der Waals surface area (Å²) in [5.41, 5.74) is 0. The summed E-state index contributed by atoms with van der Waals surface area (Å²) in [5, 5.41) is 8.75. The van der Waals surface area contributed by atoms with Crippen LogP contribution in [-0.2, 0) is 0 Å². The Kier molecular flexibility index (Phi) is 2.66. The van der Waals surface area contributed by atoms with Crippen molar-refractivity contribution in [1.29, 1.82) is 0 Å². The molecule has 0 saturated heterocycles. The quantitative estimate of drug-likeness (QED) is 0.233. The van der Waals surface area contributed by atoms with Crippen molar-refractivity contribution in [1.82, 2.24) is 0 Å². The van der Waals surface area contributed by atoms with Crippen LogP contribution in [0, 0.1) is 0 Å². The van der Waals surface area contributed by atoms with Gasteiger partial charge in [0.05, 0.1) is 0 Å². The second-order valence-corrected chi connectivity index (χ2v) is 8.15. The first-order valence-corrected chi connectivity index (χ1v) is 9.33. The minimum absolute atomic E-state index is 0.363. The molecule has 5 rings (SSSR count). The molecule has 22 heavy (non-hydrogen) atoms. The molecule has 0 bridgehead atoms. The van der Waals surface area contributed by atoms with Crippen molar-refractivity contribution in [2.45, 2.75) is 0 Å². The molecule has 104 valence electrons. The summed E-state index contributed by atoms with van der Waals surface area (Å²) in [4.78, 5) is 0. The average Bonchev–Trinajstić information content (AvgIpc) is 2.93. The SMILES string of the molecule is Clc1cccc2c1ccc1ccc3c4ccccc4[se]c3c12. The maximum atomic E-state index is 6.40. The third kappa shape index (κ3) is 1.65. The molecule has 0 aliphatic rings. The van der Waals surface area contributed by atoms with Crippen LogP contribution < -0.4 is 0 Å². The van der Waals surface area contributed by atoms with Crippen LogP contribution in [0.15, 0.2) is 66.7 Å². The van der Waals surface area contributed by atoms with Crippen LogP contribution in [-0.4, -0.2) is 14.5 Å². The van der Waals surface area contributed by atoms with E-state index in [9.17, 15) is 0 Å². The van der Waals surface area contributed by atoms with E-state index in [2.05, 4.69) is 60.7 Å². The Bertz CT molecular complexity index is 1180. The normalized spacial score (nSPS) is 11.9. The molecule has 0 fully saturated rings. The fraction of sp³-hybridized carbons (Fsp3) is 0. The van der Waals surface area contributed by atoms with Gasteiger partial charge in [-0.3, -0.25) is 0 Å². The summed E-state index contributed by atoms with van der Waals surface area (Å²) in [5.74, 6) is 0. The standard InChI is InChI=1S/C20H11ClSe/c21-17-6-3-5-15-13(17)10-8-12-9-11-16-14-4-1-2-7-18(14)22-20(16)19(12)15/h1-11H. The fourth-order valence-corrected chi connectivity index (χ4v) is 6.23. The number of hydrogen-bond acceptors (Lipinski definition) is 0. The van der Waals surface area contributed by atoms with E-state index in [1.54, 1.807) is 0 Å². The van der Waals surface area contributed by atoms with Gasteiger partial charge in [-0.05, 0) is 0 Å². The predicted molar refractivity (Wildman–Crippen MR) is 98.4 cm³/mol. The van der Waals surface area contributed by atoms with Gasteiger partial charge in [0.25, 0.3) is 0 Å². The van der Waals surface area contributed by atoms with E-state index < -0.39 is 0 Å². The Labute approximate surface area is 138 Å². The molecule has 0 aliphatic heterocycles. The van der Waals surface area contributed by atoms with E-state index in [0.717, 1.165) is 10.4 Å². The molecule has 4 aromatic carbocycles. The third-order valence-electron chi connectivity index (χ3n) is 4.33. The van der Waals surface area contributed by atoms with Crippen LogP contribution in [0.2, 0.25) is 5.02 Å². The summed E-state index contributed by atoms with van der Waals surface area (Å²) >= 11 is 6.77. The molecule has 0 amide bonds. The van der Waals surface area contributed by atoms with Crippen LogP contribution in [0.5, 0.6) is 0 Å². The zero-order chi connectivity index (χ0) is 14.7. The molecule has 5 aromatic rings. The summed E-state index contributed by atoms with van der Waals surface area (Å²) < 4.78 is 2.98. The minimum atomic E-state index is 0.363. The second-order valence-electron chi connectivity index (χ2n) is 5.54. The molecular formula is C20H11ClSe. The van der Waals surface area contributed by atoms with E-state index >= 15 is 0 Å². The van der Waals surface area contributed by atoms with Crippen LogP contribution in [0.25, 0.3) is 40.8 Å². The monoisotopic (exact) mass is 366 g/mol. The maximum absolute atomic E-state index is 6.40. The van der Waals surface area contributed by atoms with E-state index in [1.807, 2.05) is 6.07 Å². The number of fused-ring (bicyclic) bond motifs is 7. The summed E-state index contributed by atoms with van der Waals surface area (Å²) in [7, 11) is 0. The molecule has 0 nitrogen and oxygen atoms in total. The number of benzene rings is 4. The Morgan fingerprint density at radius 2 is 1.41 bits per heavy atom. The first-order chi connectivity index (χ1) is 10.8. The summed E-state index contributed by atoms with van der Waals surface area (Å²) in [6.07, 6.45) is 0. The molecule has 0 aliphatic carbocycles. The number of hydrogen-bond donors (Lipinski definition) is 0. The number of halogens is 1. The molecule has 0 atom stereocenters. The number of rotatable bonds is 0. The van der Waals surface area contributed by atoms with Gasteiger partial charge in [0.15, 0.2) is 0 Å². The van der Waals surface area contributed by atoms with Gasteiger partial charge in [0.2, 0.25) is 0 Å². The van der Waals surface area contributed by atoms with Gasteiger partial charge in [-0.1, -0.05) is 0 Å². The first-order valence-electron chi connectivity index (χ1n) is 7.24. The van der Waals surface area contributed by atoms with Gasteiger partial charge in [-0.2, -0.15) is 0 Å². The van der Waals surface area contributed by atoms with Crippen molar-refractivity contribution in [2.24, 2.45) is 0 Å². The van der Waals surface area contributed by atoms with Crippen molar-refractivity contribution in [2.75, 3.05) is 0 Å². The van der Waals surface area contributed by atoms with Gasteiger partial charge in [-0.15, -0.1) is 0 Å². The predicted octanol–water partition coefficient (Wildman–Crippen LogP) is 6.01. The van der Waals surface area contributed by atoms with Crippen LogP contribution >= 0.6 is 11.6 Å². The zero-order valence-electron chi connectivity index (χ0n) is 11.6. The van der Waals surface area contributed by atoms with Crippen LogP contribution in [0.1, 0.15) is 0 Å². The zero-order valence-corrected chi connectivity index (χ0v) is 14.1. The molecular weight excluding hydrogens is 355 g/mol. The summed E-state index contributed by atoms with van der Waals surface area (Å²) in [6.45, 7) is 0. The van der Waals surface area contributed by atoms with Gasteiger partial charge < -0.3 is 0 Å². The molecule has 1 aromatic heterocycles. The van der Waals surface area contributed by atoms with Crippen molar-refractivity contribution < 1.29 is 0 Å². The molecule has 0 saturated carbocycles. The van der Waals surface area contributed by atoms with Crippen LogP contribution in [0.3, 0.4) is 0 Å². The third-order valence-corrected chi connectivity index (χ3v) is 7.19. The van der Waals surface area contributed by atoms with Crippen molar-refractivity contribution >= 4 is 66.9 Å². The van der Waals surface area contributed by atoms with Crippen LogP contribution in [0.4, 0.5) is 0 Å². The van der Waals surface area contributed by atoms with Crippen molar-refractivity contribution in [3.63, 3.8) is 0 Å². The van der Waals surface area contributed by atoms with Gasteiger partial charge >= 0.3 is 139 Å². The topological polar surface area (TPSA) is 0 Å². The fourth-order valence-electron chi connectivity index (χ4n) is 3.32. The Morgan fingerprint density at radius 1 is 0.636 bits per heavy atom. The second kappa shape index (κ2) is 4.60. The van der Waals surface area contributed by atoms with E-state index in [4.69, 9.17) is 11.6 Å². The molecule has 0 N–H and O–H groups in total. The van der Waals surface area contributed by atoms with E-state index in [-0.39, 0.29) is 0 Å². The van der Waals surface area contributed by atoms with Gasteiger partial charge in [0.1, 0.15) is 0 Å². The van der Waals surface area contributed by atoms with Crippen molar-refractivity contribution in [3.8, 4) is 0 Å². The van der Waals surface area contributed by atoms with E-state index in [0.29, 0.717) is 14.5 Å². The molecule has 0 spiro atoms. The first kappa shape index (κ1) is 12.7. The average molecular weight is 366 g/mol. The van der Waals surface area contributed by atoms with Crippen molar-refractivity contribution in [3.05, 3.63) is 71.8 Å². The Morgan fingerprint density at radius 3 is 2.32 bits per heavy atom. The molecule has 1 heterocycles. The Hall–Kier alpha value is -1.79. The Balaban J connectivity index is 2.13. The van der Waals surface area contributed by atoms with Gasteiger partial charge in [0, 0.05) is 0 Å². The molecule has 0 unspecified atom stereocenters.